The Labute approximate surface area is 142 Å². The molecule has 1 N–H and O–H groups in total. The Morgan fingerprint density at radius 2 is 2.00 bits per heavy atom. The molecule has 1 aromatic rings. The van der Waals surface area contributed by atoms with Gasteiger partial charge in [-0.15, -0.1) is 11.3 Å². The normalized spacial score (nSPS) is 17.9. The van der Waals surface area contributed by atoms with Gasteiger partial charge >= 0.3 is 0 Å². The standard InChI is InChI=1S/C17H26N2O3S/c1-11-9-12(18-15(21)16(2,3)4)23-13(11)14(20)19-7-8-22-10-17(19,5)6/h9H,7-8,10H2,1-6H3,(H,18,21). The minimum Gasteiger partial charge on any atom is -0.377 e. The third-order valence-electron chi connectivity index (χ3n) is 3.92. The van der Waals surface area contributed by atoms with Gasteiger partial charge < -0.3 is 15.0 Å². The van der Waals surface area contributed by atoms with Crippen LogP contribution in [0.25, 0.3) is 0 Å². The Morgan fingerprint density at radius 3 is 2.57 bits per heavy atom. The highest BCUT2D eigenvalue weighted by molar-refractivity contribution is 7.18. The fourth-order valence-corrected chi connectivity index (χ4v) is 3.43. The van der Waals surface area contributed by atoms with E-state index in [1.807, 2.05) is 52.5 Å². The quantitative estimate of drug-likeness (QED) is 0.900. The van der Waals surface area contributed by atoms with Gasteiger partial charge in [-0.05, 0) is 32.4 Å². The number of aryl methyl sites for hydroxylation is 1. The molecule has 128 valence electrons. The number of hydrogen-bond donors (Lipinski definition) is 1. The first-order valence-corrected chi connectivity index (χ1v) is 8.65. The van der Waals surface area contributed by atoms with Crippen LogP contribution >= 0.6 is 11.3 Å². The van der Waals surface area contributed by atoms with Crippen LogP contribution in [0.1, 0.15) is 49.9 Å². The number of carbonyl (C=O) groups is 2. The van der Waals surface area contributed by atoms with Crippen molar-refractivity contribution in [3.63, 3.8) is 0 Å². The molecule has 0 spiro atoms. The highest BCUT2D eigenvalue weighted by Gasteiger charge is 2.36. The predicted molar refractivity (Wildman–Crippen MR) is 93.1 cm³/mol. The Hall–Kier alpha value is -1.40. The van der Waals surface area contributed by atoms with Crippen molar-refractivity contribution in [1.29, 1.82) is 0 Å². The van der Waals surface area contributed by atoms with Gasteiger partial charge in [-0.1, -0.05) is 20.8 Å². The average molecular weight is 338 g/mol. The van der Waals surface area contributed by atoms with Gasteiger partial charge in [0.1, 0.15) is 0 Å². The third kappa shape index (κ3) is 3.93. The van der Waals surface area contributed by atoms with Crippen LogP contribution in [-0.4, -0.2) is 42.0 Å². The van der Waals surface area contributed by atoms with E-state index in [0.717, 1.165) is 10.6 Å². The summed E-state index contributed by atoms with van der Waals surface area (Å²) in [6.07, 6.45) is 0. The molecule has 0 aliphatic carbocycles. The lowest BCUT2D eigenvalue weighted by Gasteiger charge is -2.42. The zero-order valence-corrected chi connectivity index (χ0v) is 15.6. The first kappa shape index (κ1) is 17.9. The molecule has 5 nitrogen and oxygen atoms in total. The van der Waals surface area contributed by atoms with Crippen molar-refractivity contribution in [3.05, 3.63) is 16.5 Å². The SMILES string of the molecule is Cc1cc(NC(=O)C(C)(C)C)sc1C(=O)N1CCOCC1(C)C. The summed E-state index contributed by atoms with van der Waals surface area (Å²) in [5.74, 6) is -0.0403. The molecule has 6 heteroatoms. The number of ether oxygens (including phenoxy) is 1. The predicted octanol–water partition coefficient (Wildman–Crippen LogP) is 3.29. The monoisotopic (exact) mass is 338 g/mol. The molecule has 0 radical (unpaired) electrons. The fraction of sp³-hybridized carbons (Fsp3) is 0.647. The Balaban J connectivity index is 2.21. The molecular weight excluding hydrogens is 312 g/mol. The molecule has 0 atom stereocenters. The van der Waals surface area contributed by atoms with E-state index >= 15 is 0 Å². The van der Waals surface area contributed by atoms with Crippen LogP contribution in [0.15, 0.2) is 6.07 Å². The van der Waals surface area contributed by atoms with Crippen molar-refractivity contribution in [2.75, 3.05) is 25.1 Å². The molecule has 1 aliphatic rings. The molecular formula is C17H26N2O3S. The number of anilines is 1. The summed E-state index contributed by atoms with van der Waals surface area (Å²) in [5, 5.41) is 3.63. The van der Waals surface area contributed by atoms with Crippen LogP contribution in [0, 0.1) is 12.3 Å². The summed E-state index contributed by atoms with van der Waals surface area (Å²) < 4.78 is 5.48. The van der Waals surface area contributed by atoms with E-state index in [2.05, 4.69) is 5.32 Å². The molecule has 2 rings (SSSR count). The van der Waals surface area contributed by atoms with Gasteiger partial charge in [0.2, 0.25) is 5.91 Å². The average Bonchev–Trinajstić information content (AvgIpc) is 2.77. The largest absolute Gasteiger partial charge is 0.377 e. The lowest BCUT2D eigenvalue weighted by molar-refractivity contribution is -0.123. The smallest absolute Gasteiger partial charge is 0.264 e. The van der Waals surface area contributed by atoms with Gasteiger partial charge in [-0.2, -0.15) is 0 Å². The molecule has 23 heavy (non-hydrogen) atoms. The summed E-state index contributed by atoms with van der Waals surface area (Å²) in [4.78, 5) is 27.6. The summed E-state index contributed by atoms with van der Waals surface area (Å²) >= 11 is 1.34. The molecule has 0 bridgehead atoms. The Kier molecular flexibility index (Phi) is 4.87. The van der Waals surface area contributed by atoms with Gasteiger partial charge in [-0.3, -0.25) is 9.59 Å². The van der Waals surface area contributed by atoms with E-state index in [9.17, 15) is 9.59 Å². The maximum absolute atomic E-state index is 12.9. The second kappa shape index (κ2) is 6.24. The first-order chi connectivity index (χ1) is 10.5. The second-order valence-corrected chi connectivity index (χ2v) is 8.70. The molecule has 1 saturated heterocycles. The maximum atomic E-state index is 12.9. The Bertz CT molecular complexity index is 614. The van der Waals surface area contributed by atoms with Crippen LogP contribution < -0.4 is 5.32 Å². The molecule has 1 aromatic heterocycles. The molecule has 0 unspecified atom stereocenters. The topological polar surface area (TPSA) is 58.6 Å². The first-order valence-electron chi connectivity index (χ1n) is 7.84. The van der Waals surface area contributed by atoms with E-state index in [4.69, 9.17) is 4.74 Å². The summed E-state index contributed by atoms with van der Waals surface area (Å²) in [6.45, 7) is 13.2. The second-order valence-electron chi connectivity index (χ2n) is 7.65. The number of carbonyl (C=O) groups excluding carboxylic acids is 2. The van der Waals surface area contributed by atoms with Crippen LogP contribution in [0.5, 0.6) is 0 Å². The van der Waals surface area contributed by atoms with E-state index in [-0.39, 0.29) is 17.4 Å². The van der Waals surface area contributed by atoms with Crippen molar-refractivity contribution in [3.8, 4) is 0 Å². The number of hydrogen-bond acceptors (Lipinski definition) is 4. The number of morpholine rings is 1. The molecule has 2 amide bonds. The van der Waals surface area contributed by atoms with Crippen LogP contribution in [0.2, 0.25) is 0 Å². The summed E-state index contributed by atoms with van der Waals surface area (Å²) in [7, 11) is 0. The number of nitrogens with zero attached hydrogens (tertiary/aromatic N) is 1. The highest BCUT2D eigenvalue weighted by Crippen LogP contribution is 2.31. The van der Waals surface area contributed by atoms with Gasteiger partial charge in [0, 0.05) is 12.0 Å². The molecule has 1 fully saturated rings. The van der Waals surface area contributed by atoms with Crippen LogP contribution in [0.4, 0.5) is 5.00 Å². The minimum absolute atomic E-state index is 0.0112. The van der Waals surface area contributed by atoms with Crippen molar-refractivity contribution in [1.82, 2.24) is 4.90 Å². The van der Waals surface area contributed by atoms with Gasteiger partial charge in [0.25, 0.3) is 5.91 Å². The zero-order valence-electron chi connectivity index (χ0n) is 14.8. The lowest BCUT2D eigenvalue weighted by atomic mass is 9.96. The van der Waals surface area contributed by atoms with Crippen LogP contribution in [-0.2, 0) is 9.53 Å². The highest BCUT2D eigenvalue weighted by atomic mass is 32.1. The maximum Gasteiger partial charge on any atom is 0.264 e. The minimum atomic E-state index is -0.464. The van der Waals surface area contributed by atoms with Gasteiger partial charge in [0.05, 0.1) is 28.6 Å². The third-order valence-corrected chi connectivity index (χ3v) is 5.06. The van der Waals surface area contributed by atoms with Gasteiger partial charge in [0.15, 0.2) is 0 Å². The van der Waals surface area contributed by atoms with E-state index in [1.165, 1.54) is 11.3 Å². The molecule has 0 aromatic carbocycles. The van der Waals surface area contributed by atoms with Gasteiger partial charge in [-0.25, -0.2) is 0 Å². The van der Waals surface area contributed by atoms with Crippen molar-refractivity contribution in [2.24, 2.45) is 5.41 Å². The van der Waals surface area contributed by atoms with Crippen molar-refractivity contribution < 1.29 is 14.3 Å². The number of nitrogens with one attached hydrogen (secondary N) is 1. The molecule has 2 heterocycles. The lowest BCUT2D eigenvalue weighted by Crippen LogP contribution is -2.55. The van der Waals surface area contributed by atoms with Crippen LogP contribution in [0.3, 0.4) is 0 Å². The van der Waals surface area contributed by atoms with Crippen molar-refractivity contribution in [2.45, 2.75) is 47.1 Å². The number of rotatable bonds is 2. The van der Waals surface area contributed by atoms with Crippen molar-refractivity contribution >= 4 is 28.2 Å². The molecule has 1 aliphatic heterocycles. The number of thiophene rings is 1. The number of amides is 2. The van der Waals surface area contributed by atoms with E-state index in [1.54, 1.807) is 0 Å². The fourth-order valence-electron chi connectivity index (χ4n) is 2.41. The zero-order chi connectivity index (χ0) is 17.4. The van der Waals surface area contributed by atoms with E-state index < -0.39 is 5.41 Å². The molecule has 0 saturated carbocycles. The van der Waals surface area contributed by atoms with E-state index in [0.29, 0.717) is 24.6 Å². The Morgan fingerprint density at radius 1 is 1.35 bits per heavy atom. The summed E-state index contributed by atoms with van der Waals surface area (Å²) in [6, 6.07) is 1.87. The summed E-state index contributed by atoms with van der Waals surface area (Å²) in [5.41, 5.74) is 0.112.